The fraction of sp³-hybridized carbons (Fsp3) is 0.353. The summed E-state index contributed by atoms with van der Waals surface area (Å²) in [5, 5.41) is 3.36. The van der Waals surface area contributed by atoms with Crippen LogP contribution >= 0.6 is 0 Å². The van der Waals surface area contributed by atoms with E-state index in [1.165, 1.54) is 16.8 Å². The number of aryl methyl sites for hydroxylation is 1. The zero-order valence-corrected chi connectivity index (χ0v) is 12.6. The quantitative estimate of drug-likeness (QED) is 0.873. The van der Waals surface area contributed by atoms with Crippen molar-refractivity contribution < 1.29 is 0 Å². The normalized spacial score (nSPS) is 10.6. The molecule has 0 fully saturated rings. The average Bonchev–Trinajstić information content (AvgIpc) is 2.46. The monoisotopic (exact) mass is 269 g/mol. The molecule has 0 amide bonds. The van der Waals surface area contributed by atoms with Crippen LogP contribution in [0, 0.1) is 6.92 Å². The second-order valence-electron chi connectivity index (χ2n) is 5.08. The summed E-state index contributed by atoms with van der Waals surface area (Å²) in [5.41, 5.74) is 4.99. The van der Waals surface area contributed by atoms with E-state index in [1.54, 1.807) is 0 Å². The van der Waals surface area contributed by atoms with Gasteiger partial charge in [0.15, 0.2) is 0 Å². The van der Waals surface area contributed by atoms with Gasteiger partial charge >= 0.3 is 0 Å². The van der Waals surface area contributed by atoms with Gasteiger partial charge < -0.3 is 10.2 Å². The van der Waals surface area contributed by atoms with Gasteiger partial charge in [-0.2, -0.15) is 0 Å². The van der Waals surface area contributed by atoms with E-state index in [4.69, 9.17) is 0 Å². The standard InChI is InChI=1S/C17H23N3/c1-4-18-12-15-8-9-17(14(2)11-15)20(3)13-16-7-5-6-10-19-16/h5-11,18H,4,12-13H2,1-3H3. The molecule has 0 radical (unpaired) electrons. The summed E-state index contributed by atoms with van der Waals surface area (Å²) in [6, 6.07) is 12.7. The molecular formula is C17H23N3. The van der Waals surface area contributed by atoms with Gasteiger partial charge in [0.05, 0.1) is 12.2 Å². The minimum atomic E-state index is 0.828. The van der Waals surface area contributed by atoms with E-state index in [1.807, 2.05) is 18.3 Å². The Morgan fingerprint density at radius 1 is 1.20 bits per heavy atom. The Hall–Kier alpha value is -1.87. The highest BCUT2D eigenvalue weighted by Gasteiger charge is 2.06. The molecule has 0 aliphatic rings. The molecular weight excluding hydrogens is 246 g/mol. The second-order valence-corrected chi connectivity index (χ2v) is 5.08. The van der Waals surface area contributed by atoms with Gasteiger partial charge in [0.2, 0.25) is 0 Å². The first-order valence-corrected chi connectivity index (χ1v) is 7.12. The van der Waals surface area contributed by atoms with Crippen LogP contribution in [0.1, 0.15) is 23.7 Å². The molecule has 0 bridgehead atoms. The number of hydrogen-bond donors (Lipinski definition) is 1. The minimum Gasteiger partial charge on any atom is -0.368 e. The second kappa shape index (κ2) is 7.06. The third-order valence-electron chi connectivity index (χ3n) is 3.38. The topological polar surface area (TPSA) is 28.2 Å². The van der Waals surface area contributed by atoms with Crippen molar-refractivity contribution in [1.82, 2.24) is 10.3 Å². The summed E-state index contributed by atoms with van der Waals surface area (Å²) in [6.07, 6.45) is 1.84. The van der Waals surface area contributed by atoms with Crippen LogP contribution in [0.5, 0.6) is 0 Å². The smallest absolute Gasteiger partial charge is 0.0598 e. The van der Waals surface area contributed by atoms with E-state index in [9.17, 15) is 0 Å². The van der Waals surface area contributed by atoms with Crippen molar-refractivity contribution >= 4 is 5.69 Å². The maximum atomic E-state index is 4.38. The van der Waals surface area contributed by atoms with Crippen LogP contribution in [0.2, 0.25) is 0 Å². The molecule has 1 N–H and O–H groups in total. The van der Waals surface area contributed by atoms with Crippen molar-refractivity contribution in [2.24, 2.45) is 0 Å². The molecule has 0 saturated heterocycles. The number of hydrogen-bond acceptors (Lipinski definition) is 3. The van der Waals surface area contributed by atoms with Crippen molar-refractivity contribution in [3.8, 4) is 0 Å². The van der Waals surface area contributed by atoms with E-state index in [0.29, 0.717) is 0 Å². The lowest BCUT2D eigenvalue weighted by Gasteiger charge is -2.21. The lowest BCUT2D eigenvalue weighted by Crippen LogP contribution is -2.18. The highest BCUT2D eigenvalue weighted by Crippen LogP contribution is 2.21. The lowest BCUT2D eigenvalue weighted by atomic mass is 10.1. The number of anilines is 1. The Morgan fingerprint density at radius 2 is 2.05 bits per heavy atom. The van der Waals surface area contributed by atoms with Crippen molar-refractivity contribution in [3.05, 3.63) is 59.4 Å². The zero-order valence-electron chi connectivity index (χ0n) is 12.6. The fourth-order valence-corrected chi connectivity index (χ4v) is 2.34. The van der Waals surface area contributed by atoms with Crippen molar-refractivity contribution in [3.63, 3.8) is 0 Å². The van der Waals surface area contributed by atoms with Crippen LogP contribution in [0.3, 0.4) is 0 Å². The third kappa shape index (κ3) is 3.81. The molecule has 106 valence electrons. The number of nitrogens with one attached hydrogen (secondary N) is 1. The largest absolute Gasteiger partial charge is 0.368 e. The first-order valence-electron chi connectivity index (χ1n) is 7.12. The maximum absolute atomic E-state index is 4.38. The molecule has 3 nitrogen and oxygen atoms in total. The van der Waals surface area contributed by atoms with Gasteiger partial charge in [-0.15, -0.1) is 0 Å². The van der Waals surface area contributed by atoms with E-state index < -0.39 is 0 Å². The van der Waals surface area contributed by atoms with E-state index in [-0.39, 0.29) is 0 Å². The molecule has 0 spiro atoms. The molecule has 1 aromatic heterocycles. The van der Waals surface area contributed by atoms with Gasteiger partial charge in [0.25, 0.3) is 0 Å². The summed E-state index contributed by atoms with van der Waals surface area (Å²) in [5.74, 6) is 0. The number of benzene rings is 1. The Balaban J connectivity index is 2.08. The predicted molar refractivity (Wildman–Crippen MR) is 84.9 cm³/mol. The summed E-state index contributed by atoms with van der Waals surface area (Å²) < 4.78 is 0. The van der Waals surface area contributed by atoms with Crippen molar-refractivity contribution in [2.75, 3.05) is 18.5 Å². The minimum absolute atomic E-state index is 0.828. The number of aromatic nitrogens is 1. The molecule has 0 atom stereocenters. The molecule has 0 aliphatic heterocycles. The summed E-state index contributed by atoms with van der Waals surface area (Å²) in [4.78, 5) is 6.63. The zero-order chi connectivity index (χ0) is 14.4. The lowest BCUT2D eigenvalue weighted by molar-refractivity contribution is 0.726. The van der Waals surface area contributed by atoms with Crippen LogP contribution in [0.4, 0.5) is 5.69 Å². The molecule has 2 rings (SSSR count). The molecule has 1 aromatic carbocycles. The van der Waals surface area contributed by atoms with Gasteiger partial charge in [-0.05, 0) is 42.8 Å². The van der Waals surface area contributed by atoms with Crippen LogP contribution in [0.25, 0.3) is 0 Å². The molecule has 0 unspecified atom stereocenters. The number of pyridine rings is 1. The van der Waals surface area contributed by atoms with Gasteiger partial charge in [-0.3, -0.25) is 4.98 Å². The van der Waals surface area contributed by atoms with E-state index in [0.717, 1.165) is 25.3 Å². The van der Waals surface area contributed by atoms with Gasteiger partial charge in [-0.1, -0.05) is 25.1 Å². The summed E-state index contributed by atoms with van der Waals surface area (Å²) >= 11 is 0. The SMILES string of the molecule is CCNCc1ccc(N(C)Cc2ccccn2)c(C)c1. The van der Waals surface area contributed by atoms with Crippen molar-refractivity contribution in [2.45, 2.75) is 26.9 Å². The maximum Gasteiger partial charge on any atom is 0.0598 e. The van der Waals surface area contributed by atoms with Crippen molar-refractivity contribution in [1.29, 1.82) is 0 Å². The van der Waals surface area contributed by atoms with E-state index >= 15 is 0 Å². The van der Waals surface area contributed by atoms with Crippen LogP contribution in [0.15, 0.2) is 42.6 Å². The number of nitrogens with zero attached hydrogens (tertiary/aromatic N) is 2. The molecule has 2 aromatic rings. The fourth-order valence-electron chi connectivity index (χ4n) is 2.34. The molecule has 20 heavy (non-hydrogen) atoms. The Bertz CT molecular complexity index is 537. The summed E-state index contributed by atoms with van der Waals surface area (Å²) in [6.45, 7) is 7.05. The van der Waals surface area contributed by atoms with Crippen LogP contribution < -0.4 is 10.2 Å². The predicted octanol–water partition coefficient (Wildman–Crippen LogP) is 3.14. The van der Waals surface area contributed by atoms with Crippen LogP contribution in [-0.4, -0.2) is 18.6 Å². The van der Waals surface area contributed by atoms with Crippen LogP contribution in [-0.2, 0) is 13.1 Å². The highest BCUT2D eigenvalue weighted by atomic mass is 15.1. The summed E-state index contributed by atoms with van der Waals surface area (Å²) in [7, 11) is 2.11. The molecule has 1 heterocycles. The first kappa shape index (κ1) is 14.5. The average molecular weight is 269 g/mol. The Kier molecular flexibility index (Phi) is 5.13. The van der Waals surface area contributed by atoms with Gasteiger partial charge in [-0.25, -0.2) is 0 Å². The number of rotatable bonds is 6. The van der Waals surface area contributed by atoms with Gasteiger partial charge in [0.1, 0.15) is 0 Å². The van der Waals surface area contributed by atoms with E-state index in [2.05, 4.69) is 60.4 Å². The third-order valence-corrected chi connectivity index (χ3v) is 3.38. The Morgan fingerprint density at radius 3 is 2.70 bits per heavy atom. The molecule has 0 saturated carbocycles. The first-order chi connectivity index (χ1) is 9.70. The Labute approximate surface area is 121 Å². The van der Waals surface area contributed by atoms with Gasteiger partial charge in [0, 0.05) is 25.5 Å². The molecule has 3 heteroatoms. The molecule has 0 aliphatic carbocycles. The highest BCUT2D eigenvalue weighted by molar-refractivity contribution is 5.54.